The number of carbonyl (C=O) groups excluding carboxylic acids is 4. The molecule has 3 amide bonds. The molecule has 2 aromatic carbocycles. The first kappa shape index (κ1) is 28.1. The van der Waals surface area contributed by atoms with E-state index < -0.39 is 42.2 Å². The van der Waals surface area contributed by atoms with Crippen molar-refractivity contribution in [3.63, 3.8) is 0 Å². The Bertz CT molecular complexity index is 1160. The zero-order valence-corrected chi connectivity index (χ0v) is 22.4. The summed E-state index contributed by atoms with van der Waals surface area (Å²) >= 11 is 0. The van der Waals surface area contributed by atoms with Gasteiger partial charge in [-0.2, -0.15) is 0 Å². The molecule has 9 nitrogen and oxygen atoms in total. The number of benzene rings is 2. The van der Waals surface area contributed by atoms with Gasteiger partial charge in [-0.3, -0.25) is 9.59 Å². The SMILES string of the molecule is COc1ccc(-c2c(C)cccc2C)cc1[C@H](CC(=O)[O-])NC(=O)NC1C(=O)C=CN(C)C1=O.[Na+]. The third-order valence-electron chi connectivity index (χ3n) is 5.67. The maximum Gasteiger partial charge on any atom is 1.00 e. The Morgan fingerprint density at radius 2 is 1.80 bits per heavy atom. The van der Waals surface area contributed by atoms with E-state index in [1.165, 1.54) is 31.3 Å². The Labute approximate surface area is 225 Å². The molecule has 10 heteroatoms. The maximum absolute atomic E-state index is 12.7. The first-order valence-electron chi connectivity index (χ1n) is 10.6. The number of nitrogens with zero attached hydrogens (tertiary/aromatic N) is 1. The van der Waals surface area contributed by atoms with Crippen LogP contribution in [-0.4, -0.2) is 48.8 Å². The predicted octanol–water partition coefficient (Wildman–Crippen LogP) is -1.61. The third kappa shape index (κ3) is 6.50. The van der Waals surface area contributed by atoms with Gasteiger partial charge in [0.15, 0.2) is 11.8 Å². The first-order chi connectivity index (χ1) is 16.1. The fourth-order valence-electron chi connectivity index (χ4n) is 3.98. The van der Waals surface area contributed by atoms with Gasteiger partial charge in [0, 0.05) is 37.3 Å². The number of urea groups is 1. The molecule has 0 aromatic heterocycles. The standard InChI is InChI=1S/C25H27N3O6.Na/c1-14-6-5-7-15(2)22(14)16-8-9-20(34-4)17(12-16)18(13-21(30)31)26-25(33)27-23-19(29)10-11-28(3)24(23)32;/h5-12,18,23H,13H2,1-4H3,(H,30,31)(H2,26,27,33);/q;+1/p-1/t18-,23?;/m0./s1. The van der Waals surface area contributed by atoms with E-state index in [2.05, 4.69) is 10.6 Å². The van der Waals surface area contributed by atoms with Gasteiger partial charge in [-0.15, -0.1) is 0 Å². The van der Waals surface area contributed by atoms with E-state index in [4.69, 9.17) is 4.74 Å². The van der Waals surface area contributed by atoms with Crippen LogP contribution in [0, 0.1) is 13.8 Å². The number of ketones is 1. The maximum atomic E-state index is 12.7. The minimum atomic E-state index is -1.40. The molecule has 1 unspecified atom stereocenters. The molecule has 2 N–H and O–H groups in total. The molecule has 0 aliphatic carbocycles. The smallest absolute Gasteiger partial charge is 0.550 e. The Morgan fingerprint density at radius 3 is 2.40 bits per heavy atom. The zero-order valence-electron chi connectivity index (χ0n) is 20.4. The summed E-state index contributed by atoms with van der Waals surface area (Å²) in [5.74, 6) is -2.20. The molecule has 0 saturated heterocycles. The number of hydrogen-bond acceptors (Lipinski definition) is 6. The van der Waals surface area contributed by atoms with Crippen LogP contribution in [0.25, 0.3) is 11.1 Å². The van der Waals surface area contributed by atoms with Crippen molar-refractivity contribution in [2.75, 3.05) is 14.2 Å². The number of hydrogen-bond donors (Lipinski definition) is 2. The number of aryl methyl sites for hydroxylation is 2. The van der Waals surface area contributed by atoms with Gasteiger partial charge in [-0.1, -0.05) is 24.3 Å². The van der Waals surface area contributed by atoms with Crippen molar-refractivity contribution in [2.45, 2.75) is 32.4 Å². The molecule has 1 aliphatic rings. The summed E-state index contributed by atoms with van der Waals surface area (Å²) in [6.07, 6.45) is 1.94. The van der Waals surface area contributed by atoms with Gasteiger partial charge in [0.2, 0.25) is 0 Å². The minimum absolute atomic E-state index is 0. The number of rotatable bonds is 7. The van der Waals surface area contributed by atoms with Gasteiger partial charge in [0.25, 0.3) is 5.91 Å². The second-order valence-corrected chi connectivity index (χ2v) is 8.07. The number of carboxylic acid groups (broad SMARTS) is 1. The van der Waals surface area contributed by atoms with E-state index >= 15 is 0 Å². The molecule has 3 rings (SSSR count). The van der Waals surface area contributed by atoms with Crippen LogP contribution >= 0.6 is 0 Å². The van der Waals surface area contributed by atoms with E-state index in [-0.39, 0.29) is 29.6 Å². The molecular weight excluding hydrogens is 461 g/mol. The number of carbonyl (C=O) groups is 4. The van der Waals surface area contributed by atoms with Crippen molar-refractivity contribution in [1.29, 1.82) is 0 Å². The Hall–Kier alpha value is -3.14. The molecule has 0 saturated carbocycles. The predicted molar refractivity (Wildman–Crippen MR) is 123 cm³/mol. The fourth-order valence-corrected chi connectivity index (χ4v) is 3.98. The molecule has 0 spiro atoms. The third-order valence-corrected chi connectivity index (χ3v) is 5.67. The van der Waals surface area contributed by atoms with Gasteiger partial charge in [-0.25, -0.2) is 4.79 Å². The van der Waals surface area contributed by atoms with Crippen LogP contribution in [-0.2, 0) is 14.4 Å². The van der Waals surface area contributed by atoms with Crippen LogP contribution in [0.2, 0.25) is 0 Å². The summed E-state index contributed by atoms with van der Waals surface area (Å²) in [4.78, 5) is 49.8. The average molecular weight is 487 g/mol. The Balaban J connectivity index is 0.00000432. The van der Waals surface area contributed by atoms with Crippen LogP contribution < -0.4 is 50.0 Å². The van der Waals surface area contributed by atoms with Crippen molar-refractivity contribution in [3.8, 4) is 16.9 Å². The quantitative estimate of drug-likeness (QED) is 0.357. The van der Waals surface area contributed by atoms with Gasteiger partial charge in [0.1, 0.15) is 5.75 Å². The molecule has 0 fully saturated rings. The molecule has 2 aromatic rings. The summed E-state index contributed by atoms with van der Waals surface area (Å²) < 4.78 is 5.43. The molecule has 0 bridgehead atoms. The normalized spacial score (nSPS) is 15.8. The average Bonchev–Trinajstić information content (AvgIpc) is 2.78. The van der Waals surface area contributed by atoms with Crippen molar-refractivity contribution in [2.24, 2.45) is 0 Å². The zero-order chi connectivity index (χ0) is 25.0. The van der Waals surface area contributed by atoms with E-state index in [9.17, 15) is 24.3 Å². The van der Waals surface area contributed by atoms with Crippen LogP contribution in [0.15, 0.2) is 48.7 Å². The molecule has 0 radical (unpaired) electrons. The summed E-state index contributed by atoms with van der Waals surface area (Å²) in [5.41, 5.74) is 4.28. The minimum Gasteiger partial charge on any atom is -0.550 e. The second-order valence-electron chi connectivity index (χ2n) is 8.07. The van der Waals surface area contributed by atoms with Crippen molar-refractivity contribution < 1.29 is 58.6 Å². The van der Waals surface area contributed by atoms with Gasteiger partial charge in [-0.05, 0) is 48.2 Å². The molecule has 1 aliphatic heterocycles. The summed E-state index contributed by atoms with van der Waals surface area (Å²) in [6.45, 7) is 3.94. The van der Waals surface area contributed by atoms with Crippen molar-refractivity contribution in [3.05, 3.63) is 65.4 Å². The molecule has 178 valence electrons. The van der Waals surface area contributed by atoms with Gasteiger partial charge in [0.05, 0.1) is 13.2 Å². The number of carboxylic acids is 1. The summed E-state index contributed by atoms with van der Waals surface area (Å²) in [5, 5.41) is 16.4. The van der Waals surface area contributed by atoms with E-state index in [0.717, 1.165) is 22.3 Å². The van der Waals surface area contributed by atoms with Crippen LogP contribution in [0.4, 0.5) is 4.79 Å². The Morgan fingerprint density at radius 1 is 1.14 bits per heavy atom. The van der Waals surface area contributed by atoms with E-state index in [0.29, 0.717) is 11.3 Å². The number of amides is 3. The molecule has 35 heavy (non-hydrogen) atoms. The van der Waals surface area contributed by atoms with Crippen LogP contribution in [0.1, 0.15) is 29.2 Å². The number of methoxy groups -OCH3 is 1. The first-order valence-corrected chi connectivity index (χ1v) is 10.6. The monoisotopic (exact) mass is 487 g/mol. The number of nitrogens with one attached hydrogen (secondary N) is 2. The topological polar surface area (TPSA) is 128 Å². The second kappa shape index (κ2) is 12.0. The van der Waals surface area contributed by atoms with Gasteiger partial charge >= 0.3 is 35.6 Å². The van der Waals surface area contributed by atoms with Crippen molar-refractivity contribution >= 4 is 23.7 Å². The Kier molecular flexibility index (Phi) is 9.64. The van der Waals surface area contributed by atoms with E-state index in [1.807, 2.05) is 38.1 Å². The van der Waals surface area contributed by atoms with Crippen molar-refractivity contribution in [1.82, 2.24) is 15.5 Å². The number of ether oxygens (including phenoxy) is 1. The summed E-state index contributed by atoms with van der Waals surface area (Å²) in [6, 6.07) is 7.88. The number of aliphatic carboxylic acids is 1. The largest absolute Gasteiger partial charge is 1.00 e. The summed E-state index contributed by atoms with van der Waals surface area (Å²) in [7, 11) is 2.90. The van der Waals surface area contributed by atoms with Crippen LogP contribution in [0.3, 0.4) is 0 Å². The molecular formula is C25H26N3NaO6. The van der Waals surface area contributed by atoms with Gasteiger partial charge < -0.3 is 30.2 Å². The van der Waals surface area contributed by atoms with E-state index in [1.54, 1.807) is 12.1 Å². The molecule has 1 heterocycles. The van der Waals surface area contributed by atoms with Crippen LogP contribution in [0.5, 0.6) is 5.75 Å². The molecule has 2 atom stereocenters. The fraction of sp³-hybridized carbons (Fsp3) is 0.280. The number of likely N-dealkylation sites (N-methyl/N-ethyl adjacent to an activating group) is 1.